The van der Waals surface area contributed by atoms with E-state index in [1.165, 1.54) is 6.34 Å². The molecule has 14 heteroatoms. The number of rotatable bonds is 8. The Morgan fingerprint density at radius 2 is 1.56 bits per heavy atom. The maximum Gasteiger partial charge on any atom is 0.509 e. The van der Waals surface area contributed by atoms with E-state index in [9.17, 15) is 14.4 Å². The SMILES string of the molecule is CC(C)OC(=O)OC[C@H]1O[C@@](C)(C2C(C)C=C3C(N)=NC=NN32)[C@H](OC(=O)OC(C)C)[C@@H]1OC(=O)OC(C)C. The summed E-state index contributed by atoms with van der Waals surface area (Å²) in [6.07, 6.45) is -4.77. The lowest BCUT2D eigenvalue weighted by atomic mass is 9.83. The number of hydrogen-bond acceptors (Lipinski definition) is 14. The van der Waals surface area contributed by atoms with Crippen molar-refractivity contribution >= 4 is 30.6 Å². The minimum Gasteiger partial charge on any atom is -0.432 e. The Morgan fingerprint density at radius 1 is 1.00 bits per heavy atom. The summed E-state index contributed by atoms with van der Waals surface area (Å²) >= 11 is 0. The molecule has 0 aliphatic carbocycles. The predicted molar refractivity (Wildman–Crippen MR) is 137 cm³/mol. The fourth-order valence-electron chi connectivity index (χ4n) is 4.80. The van der Waals surface area contributed by atoms with Crippen LogP contribution in [0.15, 0.2) is 21.9 Å². The van der Waals surface area contributed by atoms with Gasteiger partial charge in [-0.25, -0.2) is 19.4 Å². The molecule has 0 aromatic heterocycles. The molecular weight excluding hydrogens is 516 g/mol. The lowest BCUT2D eigenvalue weighted by molar-refractivity contribution is -0.134. The first-order valence-electron chi connectivity index (χ1n) is 12.9. The number of hydrogen-bond donors (Lipinski definition) is 1. The van der Waals surface area contributed by atoms with Crippen LogP contribution in [0.3, 0.4) is 0 Å². The first kappa shape index (κ1) is 30.0. The number of nitrogens with two attached hydrogens (primary N) is 1. The van der Waals surface area contributed by atoms with Crippen LogP contribution in [0.5, 0.6) is 0 Å². The van der Waals surface area contributed by atoms with E-state index in [2.05, 4.69) is 10.1 Å². The van der Waals surface area contributed by atoms with Crippen molar-refractivity contribution in [1.29, 1.82) is 0 Å². The van der Waals surface area contributed by atoms with Gasteiger partial charge in [0.1, 0.15) is 24.7 Å². The molecule has 14 nitrogen and oxygen atoms in total. The molecule has 39 heavy (non-hydrogen) atoms. The highest BCUT2D eigenvalue weighted by atomic mass is 16.8. The number of aliphatic imine (C=N–C) groups is 1. The van der Waals surface area contributed by atoms with E-state index < -0.39 is 66.7 Å². The van der Waals surface area contributed by atoms with Gasteiger partial charge in [-0.3, -0.25) is 5.01 Å². The monoisotopic (exact) mass is 554 g/mol. The summed E-state index contributed by atoms with van der Waals surface area (Å²) in [6, 6.07) is -0.602. The van der Waals surface area contributed by atoms with Crippen molar-refractivity contribution in [3.8, 4) is 0 Å². The average Bonchev–Trinajstić information content (AvgIpc) is 3.27. The Balaban J connectivity index is 1.99. The highest BCUT2D eigenvalue weighted by Gasteiger charge is 2.64. The maximum absolute atomic E-state index is 12.8. The molecule has 0 aromatic rings. The summed E-state index contributed by atoms with van der Waals surface area (Å²) in [4.78, 5) is 41.6. The fourth-order valence-corrected chi connectivity index (χ4v) is 4.80. The largest absolute Gasteiger partial charge is 0.509 e. The molecule has 6 atom stereocenters. The van der Waals surface area contributed by atoms with E-state index in [0.29, 0.717) is 5.70 Å². The summed E-state index contributed by atoms with van der Waals surface area (Å²) in [5.41, 5.74) is 5.26. The second-order valence-electron chi connectivity index (χ2n) is 10.5. The van der Waals surface area contributed by atoms with Gasteiger partial charge < -0.3 is 38.9 Å². The molecule has 3 aliphatic rings. The Bertz CT molecular complexity index is 1030. The average molecular weight is 555 g/mol. The van der Waals surface area contributed by atoms with Crippen LogP contribution in [0.4, 0.5) is 14.4 Å². The van der Waals surface area contributed by atoms with Gasteiger partial charge in [-0.05, 0) is 48.5 Å². The van der Waals surface area contributed by atoms with Crippen LogP contribution < -0.4 is 5.73 Å². The molecule has 0 aromatic carbocycles. The predicted octanol–water partition coefficient (Wildman–Crippen LogP) is 3.08. The summed E-state index contributed by atoms with van der Waals surface area (Å²) in [6.45, 7) is 13.2. The van der Waals surface area contributed by atoms with Crippen molar-refractivity contribution in [3.05, 3.63) is 11.8 Å². The minimum atomic E-state index is -1.39. The molecule has 3 aliphatic heterocycles. The van der Waals surface area contributed by atoms with E-state index in [1.54, 1.807) is 53.5 Å². The molecule has 1 fully saturated rings. The number of fused-ring (bicyclic) bond motifs is 1. The first-order chi connectivity index (χ1) is 18.2. The van der Waals surface area contributed by atoms with Crippen LogP contribution in [0.1, 0.15) is 55.4 Å². The molecule has 3 rings (SSSR count). The summed E-state index contributed by atoms with van der Waals surface area (Å²) in [5.74, 6) is 0.0114. The van der Waals surface area contributed by atoms with Gasteiger partial charge in [0.2, 0.25) is 0 Å². The highest BCUT2D eigenvalue weighted by Crippen LogP contribution is 2.46. The van der Waals surface area contributed by atoms with E-state index in [0.717, 1.165) is 0 Å². The van der Waals surface area contributed by atoms with Crippen LogP contribution in [0.25, 0.3) is 0 Å². The Labute approximate surface area is 227 Å². The minimum absolute atomic E-state index is 0.241. The van der Waals surface area contributed by atoms with Gasteiger partial charge in [-0.1, -0.05) is 13.0 Å². The maximum atomic E-state index is 12.8. The van der Waals surface area contributed by atoms with Crippen molar-refractivity contribution in [3.63, 3.8) is 0 Å². The summed E-state index contributed by atoms with van der Waals surface area (Å²) < 4.78 is 38.6. The fraction of sp³-hybridized carbons (Fsp3) is 0.720. The normalized spacial score (nSPS) is 29.6. The molecule has 2 N–H and O–H groups in total. The molecule has 218 valence electrons. The van der Waals surface area contributed by atoms with E-state index >= 15 is 0 Å². The molecular formula is C25H38N4O10. The van der Waals surface area contributed by atoms with Crippen LogP contribution in [-0.2, 0) is 33.2 Å². The van der Waals surface area contributed by atoms with E-state index in [1.807, 2.05) is 13.0 Å². The zero-order chi connectivity index (χ0) is 29.1. The topological polar surface area (TPSA) is 170 Å². The summed E-state index contributed by atoms with van der Waals surface area (Å²) in [7, 11) is 0. The number of amidine groups is 1. The molecule has 0 bridgehead atoms. The Hall–Kier alpha value is -3.55. The van der Waals surface area contributed by atoms with Crippen molar-refractivity contribution in [2.24, 2.45) is 21.7 Å². The number of ether oxygens (including phenoxy) is 7. The zero-order valence-electron chi connectivity index (χ0n) is 23.5. The van der Waals surface area contributed by atoms with Crippen molar-refractivity contribution in [2.45, 2.75) is 104 Å². The van der Waals surface area contributed by atoms with Gasteiger partial charge in [0.05, 0.1) is 30.1 Å². The Morgan fingerprint density at radius 3 is 2.15 bits per heavy atom. The summed E-state index contributed by atoms with van der Waals surface area (Å²) in [5, 5.41) is 5.99. The van der Waals surface area contributed by atoms with Gasteiger partial charge >= 0.3 is 18.5 Å². The van der Waals surface area contributed by atoms with Gasteiger partial charge in [0, 0.05) is 5.92 Å². The number of hydrazone groups is 1. The third-order valence-corrected chi connectivity index (χ3v) is 6.10. The van der Waals surface area contributed by atoms with E-state index in [4.69, 9.17) is 38.9 Å². The Kier molecular flexibility index (Phi) is 9.30. The molecule has 2 unspecified atom stereocenters. The molecule has 0 radical (unpaired) electrons. The van der Waals surface area contributed by atoms with Gasteiger partial charge in [0.15, 0.2) is 18.0 Å². The van der Waals surface area contributed by atoms with Gasteiger partial charge in [0.25, 0.3) is 0 Å². The number of carbonyl (C=O) groups excluding carboxylic acids is 3. The van der Waals surface area contributed by atoms with Crippen LogP contribution >= 0.6 is 0 Å². The molecule has 3 heterocycles. The lowest BCUT2D eigenvalue weighted by Crippen LogP contribution is -2.58. The second kappa shape index (κ2) is 12.1. The van der Waals surface area contributed by atoms with Crippen molar-refractivity contribution < 1.29 is 47.5 Å². The third kappa shape index (κ3) is 6.91. The second-order valence-corrected chi connectivity index (χ2v) is 10.5. The highest BCUT2D eigenvalue weighted by molar-refractivity contribution is 6.02. The van der Waals surface area contributed by atoms with Gasteiger partial charge in [-0.2, -0.15) is 5.10 Å². The number of carbonyl (C=O) groups is 3. The molecule has 0 spiro atoms. The zero-order valence-corrected chi connectivity index (χ0v) is 23.5. The van der Waals surface area contributed by atoms with Crippen LogP contribution in [-0.4, -0.2) is 90.5 Å². The van der Waals surface area contributed by atoms with Crippen molar-refractivity contribution in [2.75, 3.05) is 6.61 Å². The third-order valence-electron chi connectivity index (χ3n) is 6.10. The molecule has 0 amide bonds. The van der Waals surface area contributed by atoms with Crippen LogP contribution in [0.2, 0.25) is 0 Å². The smallest absolute Gasteiger partial charge is 0.432 e. The quantitative estimate of drug-likeness (QED) is 0.344. The first-order valence-corrected chi connectivity index (χ1v) is 12.9. The van der Waals surface area contributed by atoms with Gasteiger partial charge in [-0.15, -0.1) is 0 Å². The van der Waals surface area contributed by atoms with Crippen molar-refractivity contribution in [1.82, 2.24) is 5.01 Å². The molecule has 0 saturated carbocycles. The number of nitrogens with zero attached hydrogens (tertiary/aromatic N) is 3. The van der Waals surface area contributed by atoms with Crippen LogP contribution in [0, 0.1) is 5.92 Å². The lowest BCUT2D eigenvalue weighted by Gasteiger charge is -2.42. The standard InChI is InChI=1S/C25H38N4O10/c1-12(2)34-22(30)33-10-17-18(37-23(31)35-13(3)4)20(38-24(32)36-14(5)6)25(8,39-17)19-15(7)9-16-21(26)27-11-28-29(16)19/h9,11-15,17-20H,10H2,1-8H3,(H2,26,27,28)/t15?,17-,18-,19?,20-,25+/m1/s1. The van der Waals surface area contributed by atoms with E-state index in [-0.39, 0.29) is 18.4 Å². The molecule has 1 saturated heterocycles.